The molecule has 0 spiro atoms. The summed E-state index contributed by atoms with van der Waals surface area (Å²) >= 11 is 1.27. The van der Waals surface area contributed by atoms with Crippen LogP contribution in [0.15, 0.2) is 30.3 Å². The number of nitrogens with two attached hydrogens (primary N) is 1. The summed E-state index contributed by atoms with van der Waals surface area (Å²) in [4.78, 5) is 14.3. The fourth-order valence-corrected chi connectivity index (χ4v) is 3.48. The summed E-state index contributed by atoms with van der Waals surface area (Å²) in [5, 5.41) is 8.74. The zero-order valence-electron chi connectivity index (χ0n) is 13.6. The van der Waals surface area contributed by atoms with Crippen LogP contribution in [-0.2, 0) is 22.4 Å². The number of rotatable bonds is 6. The van der Waals surface area contributed by atoms with E-state index in [-0.39, 0.29) is 18.4 Å². The highest BCUT2D eigenvalue weighted by Gasteiger charge is 2.24. The van der Waals surface area contributed by atoms with E-state index < -0.39 is 0 Å². The van der Waals surface area contributed by atoms with Crippen LogP contribution in [0.5, 0.6) is 0 Å². The molecule has 0 aliphatic carbocycles. The van der Waals surface area contributed by atoms with Crippen LogP contribution in [-0.4, -0.2) is 46.8 Å². The molecule has 1 aromatic heterocycles. The lowest BCUT2D eigenvalue weighted by atomic mass is 10.0. The van der Waals surface area contributed by atoms with E-state index in [0.717, 1.165) is 19.3 Å². The van der Waals surface area contributed by atoms with Gasteiger partial charge >= 0.3 is 0 Å². The third kappa shape index (κ3) is 4.75. The molecule has 7 heteroatoms. The molecule has 24 heavy (non-hydrogen) atoms. The molecular formula is C17H22N4O2S. The van der Waals surface area contributed by atoms with Crippen molar-refractivity contribution in [2.24, 2.45) is 0 Å². The number of aromatic nitrogens is 2. The number of amides is 1. The molecule has 1 amide bonds. The summed E-state index contributed by atoms with van der Waals surface area (Å²) < 4.78 is 5.81. The first-order valence-electron chi connectivity index (χ1n) is 8.22. The second-order valence-electron chi connectivity index (χ2n) is 5.92. The highest BCUT2D eigenvalue weighted by atomic mass is 32.1. The number of aryl methyl sites for hydroxylation is 1. The van der Waals surface area contributed by atoms with Crippen molar-refractivity contribution >= 4 is 22.4 Å². The number of nitrogen functional groups attached to an aromatic ring is 1. The molecular weight excluding hydrogens is 324 g/mol. The van der Waals surface area contributed by atoms with Crippen molar-refractivity contribution in [2.75, 3.05) is 25.4 Å². The first kappa shape index (κ1) is 16.9. The van der Waals surface area contributed by atoms with Crippen molar-refractivity contribution < 1.29 is 9.53 Å². The van der Waals surface area contributed by atoms with E-state index in [1.807, 2.05) is 11.0 Å². The first-order valence-corrected chi connectivity index (χ1v) is 9.03. The van der Waals surface area contributed by atoms with Gasteiger partial charge in [-0.15, -0.1) is 10.2 Å². The van der Waals surface area contributed by atoms with Crippen LogP contribution in [0.25, 0.3) is 0 Å². The molecule has 1 aliphatic rings. The number of carbonyl (C=O) groups excluding carboxylic acids is 1. The lowest BCUT2D eigenvalue weighted by molar-refractivity contribution is -0.138. The van der Waals surface area contributed by atoms with E-state index in [0.29, 0.717) is 29.8 Å². The molecule has 0 saturated carbocycles. The number of hydrogen-bond donors (Lipinski definition) is 1. The molecule has 6 nitrogen and oxygen atoms in total. The second-order valence-corrected chi connectivity index (χ2v) is 7.01. The highest BCUT2D eigenvalue weighted by Crippen LogP contribution is 2.16. The number of nitrogens with zero attached hydrogens (tertiary/aromatic N) is 3. The Morgan fingerprint density at radius 2 is 2.17 bits per heavy atom. The predicted molar refractivity (Wildman–Crippen MR) is 93.7 cm³/mol. The van der Waals surface area contributed by atoms with Crippen molar-refractivity contribution in [3.8, 4) is 0 Å². The normalized spacial score (nSPS) is 17.8. The Hall–Kier alpha value is -1.99. The third-order valence-electron chi connectivity index (χ3n) is 4.11. The number of ether oxygens (including phenoxy) is 1. The maximum atomic E-state index is 12.4. The summed E-state index contributed by atoms with van der Waals surface area (Å²) in [5.74, 6) is 0.0718. The Kier molecular flexibility index (Phi) is 5.77. The predicted octanol–water partition coefficient (Wildman–Crippen LogP) is 1.91. The van der Waals surface area contributed by atoms with Gasteiger partial charge in [0.2, 0.25) is 11.0 Å². The Labute approximate surface area is 145 Å². The summed E-state index contributed by atoms with van der Waals surface area (Å²) in [6.07, 6.45) is 3.45. The van der Waals surface area contributed by atoms with Crippen LogP contribution >= 0.6 is 11.3 Å². The van der Waals surface area contributed by atoms with Crippen molar-refractivity contribution in [3.05, 3.63) is 40.9 Å². The average Bonchev–Trinajstić information content (AvgIpc) is 3.01. The Morgan fingerprint density at radius 1 is 1.33 bits per heavy atom. The van der Waals surface area contributed by atoms with Gasteiger partial charge in [-0.25, -0.2) is 0 Å². The van der Waals surface area contributed by atoms with E-state index in [2.05, 4.69) is 34.5 Å². The molecule has 3 rings (SSSR count). The summed E-state index contributed by atoms with van der Waals surface area (Å²) in [6, 6.07) is 10.4. The van der Waals surface area contributed by atoms with E-state index >= 15 is 0 Å². The van der Waals surface area contributed by atoms with Gasteiger partial charge in [-0.3, -0.25) is 4.79 Å². The van der Waals surface area contributed by atoms with Crippen LogP contribution in [0.3, 0.4) is 0 Å². The van der Waals surface area contributed by atoms with E-state index in [9.17, 15) is 4.79 Å². The molecule has 0 unspecified atom stereocenters. The van der Waals surface area contributed by atoms with Crippen molar-refractivity contribution in [3.63, 3.8) is 0 Å². The molecule has 2 aromatic rings. The van der Waals surface area contributed by atoms with Crippen LogP contribution in [0, 0.1) is 0 Å². The maximum Gasteiger partial charge on any atom is 0.229 e. The standard InChI is InChI=1S/C17H22N4O2S/c18-17-20-19-15(24-17)11-16(22)21-9-10-23-14(12-21)8-4-7-13-5-2-1-3-6-13/h1-3,5-6,14H,4,7-12H2,(H2,18,20)/t14-/m0/s1. The third-order valence-corrected chi connectivity index (χ3v) is 4.86. The average molecular weight is 346 g/mol. The van der Waals surface area contributed by atoms with Gasteiger partial charge in [-0.2, -0.15) is 0 Å². The molecule has 1 aromatic carbocycles. The summed E-state index contributed by atoms with van der Waals surface area (Å²) in [7, 11) is 0. The molecule has 0 bridgehead atoms. The molecule has 2 N–H and O–H groups in total. The lowest BCUT2D eigenvalue weighted by Crippen LogP contribution is -2.46. The minimum atomic E-state index is 0.0718. The summed E-state index contributed by atoms with van der Waals surface area (Å²) in [5.41, 5.74) is 6.90. The van der Waals surface area contributed by atoms with Gasteiger partial charge in [0.25, 0.3) is 0 Å². The summed E-state index contributed by atoms with van der Waals surface area (Å²) in [6.45, 7) is 1.89. The van der Waals surface area contributed by atoms with Gasteiger partial charge in [-0.05, 0) is 24.8 Å². The van der Waals surface area contributed by atoms with E-state index in [1.165, 1.54) is 16.9 Å². The van der Waals surface area contributed by atoms with Gasteiger partial charge < -0.3 is 15.4 Å². The van der Waals surface area contributed by atoms with Gasteiger partial charge in [-0.1, -0.05) is 41.7 Å². The monoisotopic (exact) mass is 346 g/mol. The van der Waals surface area contributed by atoms with Gasteiger partial charge in [0.05, 0.1) is 19.1 Å². The highest BCUT2D eigenvalue weighted by molar-refractivity contribution is 7.15. The number of morpholine rings is 1. The number of carbonyl (C=O) groups is 1. The molecule has 128 valence electrons. The number of anilines is 1. The Morgan fingerprint density at radius 3 is 2.92 bits per heavy atom. The van der Waals surface area contributed by atoms with E-state index in [4.69, 9.17) is 10.5 Å². The van der Waals surface area contributed by atoms with Crippen LogP contribution < -0.4 is 5.73 Å². The smallest absolute Gasteiger partial charge is 0.229 e. The minimum absolute atomic E-state index is 0.0718. The SMILES string of the molecule is Nc1nnc(CC(=O)N2CCO[C@@H](CCCc3ccccc3)C2)s1. The second kappa shape index (κ2) is 8.21. The largest absolute Gasteiger partial charge is 0.375 e. The van der Waals surface area contributed by atoms with Crippen LogP contribution in [0.1, 0.15) is 23.4 Å². The van der Waals surface area contributed by atoms with Gasteiger partial charge in [0.1, 0.15) is 5.01 Å². The molecule has 2 heterocycles. The fourth-order valence-electron chi connectivity index (χ4n) is 2.88. The van der Waals surface area contributed by atoms with Crippen molar-refractivity contribution in [1.82, 2.24) is 15.1 Å². The van der Waals surface area contributed by atoms with Crippen molar-refractivity contribution in [1.29, 1.82) is 0 Å². The zero-order chi connectivity index (χ0) is 16.8. The topological polar surface area (TPSA) is 81.3 Å². The molecule has 1 saturated heterocycles. The Bertz CT molecular complexity index is 662. The fraction of sp³-hybridized carbons (Fsp3) is 0.471. The van der Waals surface area contributed by atoms with E-state index in [1.54, 1.807) is 0 Å². The van der Waals surface area contributed by atoms with Crippen LogP contribution in [0.2, 0.25) is 0 Å². The molecule has 1 atom stereocenters. The Balaban J connectivity index is 1.44. The molecule has 1 aliphatic heterocycles. The minimum Gasteiger partial charge on any atom is -0.375 e. The first-order chi connectivity index (χ1) is 11.7. The quantitative estimate of drug-likeness (QED) is 0.864. The lowest BCUT2D eigenvalue weighted by Gasteiger charge is -2.33. The molecule has 1 fully saturated rings. The number of benzene rings is 1. The molecule has 0 radical (unpaired) electrons. The van der Waals surface area contributed by atoms with Gasteiger partial charge in [0.15, 0.2) is 0 Å². The van der Waals surface area contributed by atoms with Gasteiger partial charge in [0, 0.05) is 13.1 Å². The zero-order valence-corrected chi connectivity index (χ0v) is 14.4. The van der Waals surface area contributed by atoms with Crippen LogP contribution in [0.4, 0.5) is 5.13 Å². The number of hydrogen-bond acceptors (Lipinski definition) is 6. The maximum absolute atomic E-state index is 12.4. The van der Waals surface area contributed by atoms with Crippen molar-refractivity contribution in [2.45, 2.75) is 31.8 Å².